The number of aromatic nitrogens is 1. The second kappa shape index (κ2) is 6.09. The fraction of sp³-hybridized carbons (Fsp3) is 0. The second-order valence-electron chi connectivity index (χ2n) is 4.64. The van der Waals surface area contributed by atoms with E-state index in [1.165, 1.54) is 11.3 Å². The van der Waals surface area contributed by atoms with Gasteiger partial charge in [-0.15, -0.1) is 11.3 Å². The molecule has 2 heterocycles. The van der Waals surface area contributed by atoms with Crippen molar-refractivity contribution in [3.8, 4) is 11.5 Å². The van der Waals surface area contributed by atoms with Gasteiger partial charge in [-0.1, -0.05) is 0 Å². The van der Waals surface area contributed by atoms with Crippen molar-refractivity contribution in [2.45, 2.75) is 0 Å². The number of carbonyl (C=O) groups excluding carboxylic acids is 2. The molecule has 8 heteroatoms. The van der Waals surface area contributed by atoms with Gasteiger partial charge in [-0.05, 0) is 30.3 Å². The third-order valence-corrected chi connectivity index (χ3v) is 4.09. The summed E-state index contributed by atoms with van der Waals surface area (Å²) < 4.78 is 6.60. The van der Waals surface area contributed by atoms with Gasteiger partial charge in [0.25, 0.3) is 5.91 Å². The van der Waals surface area contributed by atoms with Crippen LogP contribution in [-0.2, 0) is 0 Å². The molecule has 0 bridgehead atoms. The van der Waals surface area contributed by atoms with Crippen LogP contribution in [0.15, 0.2) is 42.7 Å². The Labute approximate surface area is 136 Å². The lowest BCUT2D eigenvalue weighted by molar-refractivity contribution is 0.100. The van der Waals surface area contributed by atoms with Crippen LogP contribution in [0.25, 0.3) is 10.1 Å². The van der Waals surface area contributed by atoms with Crippen molar-refractivity contribution in [3.05, 3.63) is 47.6 Å². The lowest BCUT2D eigenvalue weighted by atomic mass is 10.1. The average Bonchev–Trinajstić information content (AvgIpc) is 2.94. The molecule has 23 heavy (non-hydrogen) atoms. The molecule has 0 fully saturated rings. The van der Waals surface area contributed by atoms with Gasteiger partial charge in [-0.2, -0.15) is 0 Å². The van der Waals surface area contributed by atoms with Crippen LogP contribution >= 0.6 is 11.3 Å². The highest BCUT2D eigenvalue weighted by atomic mass is 32.1. The van der Waals surface area contributed by atoms with Crippen LogP contribution in [0.2, 0.25) is 0 Å². The van der Waals surface area contributed by atoms with Crippen molar-refractivity contribution in [1.29, 1.82) is 0 Å². The molecule has 0 aliphatic heterocycles. The van der Waals surface area contributed by atoms with Crippen LogP contribution in [0, 0.1) is 0 Å². The van der Waals surface area contributed by atoms with Crippen LogP contribution in [0.5, 0.6) is 11.5 Å². The van der Waals surface area contributed by atoms with Gasteiger partial charge in [0.05, 0.1) is 15.8 Å². The number of ether oxygens (including phenoxy) is 1. The van der Waals surface area contributed by atoms with Gasteiger partial charge in [0.1, 0.15) is 5.75 Å². The Hall–Kier alpha value is -2.87. The predicted octanol–water partition coefficient (Wildman–Crippen LogP) is 2.89. The summed E-state index contributed by atoms with van der Waals surface area (Å²) in [6.45, 7) is 0. The monoisotopic (exact) mass is 323 g/mol. The van der Waals surface area contributed by atoms with Crippen molar-refractivity contribution in [3.63, 3.8) is 0 Å². The summed E-state index contributed by atoms with van der Waals surface area (Å²) in [6.07, 6.45) is 3.22. The summed E-state index contributed by atoms with van der Waals surface area (Å²) in [5.74, 6) is -0.0491. The van der Waals surface area contributed by atoms with E-state index in [9.17, 15) is 9.59 Å². The fourth-order valence-corrected chi connectivity index (χ4v) is 2.91. The molecule has 0 spiro atoms. The van der Waals surface area contributed by atoms with E-state index in [1.54, 1.807) is 42.7 Å². The first-order valence-electron chi connectivity index (χ1n) is 6.54. The first-order chi connectivity index (χ1) is 11.0. The molecule has 0 saturated heterocycles. The minimum Gasteiger partial charge on any atom is -0.455 e. The highest BCUT2D eigenvalue weighted by Gasteiger charge is 2.11. The van der Waals surface area contributed by atoms with E-state index in [4.69, 9.17) is 18.3 Å². The molecule has 3 rings (SSSR count). The van der Waals surface area contributed by atoms with Gasteiger partial charge in [0, 0.05) is 17.3 Å². The third kappa shape index (κ3) is 3.32. The van der Waals surface area contributed by atoms with E-state index in [0.717, 1.165) is 10.1 Å². The van der Waals surface area contributed by atoms with Gasteiger partial charge in [-0.3, -0.25) is 14.6 Å². The summed E-state index contributed by atoms with van der Waals surface area (Å²) in [5, 5.41) is 3.22. The van der Waals surface area contributed by atoms with Gasteiger partial charge < -0.3 is 15.8 Å². The molecular formula is C15H10BN3O3S. The number of thiophene rings is 1. The summed E-state index contributed by atoms with van der Waals surface area (Å²) in [6, 6.07) is 8.38. The van der Waals surface area contributed by atoms with E-state index >= 15 is 0 Å². The number of benzene rings is 1. The molecule has 0 atom stereocenters. The standard InChI is InChI=1S/C15H10BN3O3S/c16-15(21)19-8-1-3-9(4-2-8)22-11-6-18-7-13-10(11)5-12(23-13)14(17)20/h1-7H,(H2,17,20)(H,19,21). The van der Waals surface area contributed by atoms with E-state index in [1.807, 2.05) is 0 Å². The lowest BCUT2D eigenvalue weighted by Crippen LogP contribution is -2.08. The molecule has 0 aliphatic carbocycles. The first-order valence-corrected chi connectivity index (χ1v) is 7.36. The zero-order valence-corrected chi connectivity index (χ0v) is 12.6. The molecule has 1 aromatic carbocycles. The minimum atomic E-state index is -0.634. The summed E-state index contributed by atoms with van der Waals surface area (Å²) in [7, 11) is 5.05. The van der Waals surface area contributed by atoms with Crippen molar-refractivity contribution in [2.24, 2.45) is 5.73 Å². The Kier molecular flexibility index (Phi) is 3.99. The van der Waals surface area contributed by atoms with E-state index in [0.29, 0.717) is 22.1 Å². The van der Waals surface area contributed by atoms with E-state index in [2.05, 4.69) is 10.3 Å². The summed E-state index contributed by atoms with van der Waals surface area (Å²) in [5.41, 5.74) is 5.86. The smallest absolute Gasteiger partial charge is 0.258 e. The van der Waals surface area contributed by atoms with Crippen LogP contribution in [0.4, 0.5) is 10.5 Å². The number of rotatable bonds is 4. The number of fused-ring (bicyclic) bond motifs is 1. The first kappa shape index (κ1) is 15.0. The number of hydrogen-bond acceptors (Lipinski definition) is 5. The quantitative estimate of drug-likeness (QED) is 0.722. The van der Waals surface area contributed by atoms with Gasteiger partial charge >= 0.3 is 0 Å². The number of pyridine rings is 1. The molecule has 0 unspecified atom stereocenters. The normalized spacial score (nSPS) is 10.4. The Morgan fingerprint density at radius 1 is 1.22 bits per heavy atom. The molecule has 2 amide bonds. The minimum absolute atomic E-state index is 0.443. The Morgan fingerprint density at radius 2 is 1.96 bits per heavy atom. The number of nitrogens with two attached hydrogens (primary N) is 1. The number of nitrogens with zero attached hydrogens (tertiary/aromatic N) is 1. The van der Waals surface area contributed by atoms with E-state index in [-0.39, 0.29) is 0 Å². The molecule has 6 nitrogen and oxygen atoms in total. The van der Waals surface area contributed by atoms with Crippen LogP contribution < -0.4 is 15.8 Å². The molecule has 3 N–H and O–H groups in total. The number of primary amides is 1. The Bertz CT molecular complexity index is 893. The summed E-state index contributed by atoms with van der Waals surface area (Å²) in [4.78, 5) is 26.6. The maximum absolute atomic E-state index is 11.3. The van der Waals surface area contributed by atoms with E-state index < -0.39 is 11.7 Å². The average molecular weight is 323 g/mol. The molecule has 0 aliphatic rings. The molecule has 2 radical (unpaired) electrons. The van der Waals surface area contributed by atoms with Crippen molar-refractivity contribution < 1.29 is 14.3 Å². The number of anilines is 1. The molecular weight excluding hydrogens is 313 g/mol. The fourth-order valence-electron chi connectivity index (χ4n) is 2.01. The predicted molar refractivity (Wildman–Crippen MR) is 89.4 cm³/mol. The largest absolute Gasteiger partial charge is 0.455 e. The maximum atomic E-state index is 11.3. The van der Waals surface area contributed by atoms with Gasteiger partial charge in [0.15, 0.2) is 11.6 Å². The lowest BCUT2D eigenvalue weighted by Gasteiger charge is -2.08. The number of hydrogen-bond donors (Lipinski definition) is 2. The van der Waals surface area contributed by atoms with Gasteiger partial charge in [-0.25, -0.2) is 0 Å². The van der Waals surface area contributed by atoms with Crippen molar-refractivity contribution in [2.75, 3.05) is 5.32 Å². The SMILES string of the molecule is [B]C(=O)Nc1ccc(Oc2cncc3sc(C(N)=O)cc23)cc1. The van der Waals surface area contributed by atoms with Crippen LogP contribution in [0.3, 0.4) is 0 Å². The molecule has 0 saturated carbocycles. The number of amides is 2. The highest BCUT2D eigenvalue weighted by Crippen LogP contribution is 2.34. The zero-order chi connectivity index (χ0) is 16.4. The number of nitrogens with one attached hydrogen (secondary N) is 1. The summed E-state index contributed by atoms with van der Waals surface area (Å²) >= 11 is 1.26. The number of carbonyl (C=O) groups is 2. The molecule has 2 aromatic heterocycles. The molecule has 3 aromatic rings. The second-order valence-corrected chi connectivity index (χ2v) is 5.72. The maximum Gasteiger partial charge on any atom is 0.258 e. The van der Waals surface area contributed by atoms with Crippen molar-refractivity contribution >= 4 is 46.7 Å². The van der Waals surface area contributed by atoms with Gasteiger partial charge in [0.2, 0.25) is 7.85 Å². The highest BCUT2D eigenvalue weighted by molar-refractivity contribution is 7.20. The van der Waals surface area contributed by atoms with Crippen LogP contribution in [-0.4, -0.2) is 24.5 Å². The van der Waals surface area contributed by atoms with Crippen LogP contribution in [0.1, 0.15) is 9.67 Å². The molecule has 112 valence electrons. The Balaban J connectivity index is 1.89. The third-order valence-electron chi connectivity index (χ3n) is 3.00. The van der Waals surface area contributed by atoms with Crippen molar-refractivity contribution in [1.82, 2.24) is 4.98 Å². The topological polar surface area (TPSA) is 94.3 Å². The Morgan fingerprint density at radius 3 is 2.61 bits per heavy atom. The zero-order valence-electron chi connectivity index (χ0n) is 11.8.